The Bertz CT molecular complexity index is 968. The maximum atomic E-state index is 14.2. The van der Waals surface area contributed by atoms with Crippen LogP contribution >= 0.6 is 0 Å². The SMILES string of the molecule is Cc1cc(NC2C[C@@H]3CN(CC4CCOCC4)C[C@H]3C2)nnc1-c1cc(F)cc(F)c1F. The number of anilines is 1. The van der Waals surface area contributed by atoms with Crippen LogP contribution in [0.3, 0.4) is 0 Å². The number of nitrogens with one attached hydrogen (secondary N) is 1. The molecule has 5 rings (SSSR count). The smallest absolute Gasteiger partial charge is 0.168 e. The molecule has 32 heavy (non-hydrogen) atoms. The first-order chi connectivity index (χ1) is 15.5. The molecule has 2 atom stereocenters. The van der Waals surface area contributed by atoms with Gasteiger partial charge in [-0.1, -0.05) is 0 Å². The molecule has 1 aromatic heterocycles. The molecule has 2 aliphatic heterocycles. The molecule has 0 amide bonds. The van der Waals surface area contributed by atoms with E-state index in [0.29, 0.717) is 35.3 Å². The summed E-state index contributed by atoms with van der Waals surface area (Å²) in [6, 6.07) is 3.58. The molecule has 2 saturated heterocycles. The fraction of sp³-hybridized carbons (Fsp3) is 0.583. The first kappa shape index (κ1) is 21.6. The third-order valence-electron chi connectivity index (χ3n) is 7.27. The molecule has 0 bridgehead atoms. The van der Waals surface area contributed by atoms with Gasteiger partial charge in [-0.2, -0.15) is 0 Å². The maximum Gasteiger partial charge on any atom is 0.168 e. The summed E-state index contributed by atoms with van der Waals surface area (Å²) in [4.78, 5) is 2.63. The number of hydrogen-bond acceptors (Lipinski definition) is 5. The van der Waals surface area contributed by atoms with Gasteiger partial charge in [0.2, 0.25) is 0 Å². The van der Waals surface area contributed by atoms with Crippen LogP contribution in [0, 0.1) is 42.1 Å². The van der Waals surface area contributed by atoms with Crippen LogP contribution in [-0.4, -0.2) is 54.0 Å². The van der Waals surface area contributed by atoms with Gasteiger partial charge in [-0.3, -0.25) is 0 Å². The molecule has 0 spiro atoms. The van der Waals surface area contributed by atoms with Crippen LogP contribution < -0.4 is 5.32 Å². The van der Waals surface area contributed by atoms with Crippen molar-refractivity contribution in [3.63, 3.8) is 0 Å². The van der Waals surface area contributed by atoms with E-state index in [-0.39, 0.29) is 11.3 Å². The van der Waals surface area contributed by atoms with Gasteiger partial charge < -0.3 is 15.0 Å². The van der Waals surface area contributed by atoms with Gasteiger partial charge in [0.25, 0.3) is 0 Å². The van der Waals surface area contributed by atoms with Crippen LogP contribution in [0.15, 0.2) is 18.2 Å². The molecule has 3 heterocycles. The van der Waals surface area contributed by atoms with Gasteiger partial charge in [-0.25, -0.2) is 13.2 Å². The minimum atomic E-state index is -1.23. The Kier molecular flexibility index (Phi) is 6.07. The van der Waals surface area contributed by atoms with E-state index in [1.807, 2.05) is 0 Å². The summed E-state index contributed by atoms with van der Waals surface area (Å²) in [7, 11) is 0. The second-order valence-corrected chi connectivity index (χ2v) is 9.62. The Hall–Kier alpha value is -2.19. The highest BCUT2D eigenvalue weighted by Crippen LogP contribution is 2.40. The van der Waals surface area contributed by atoms with Crippen molar-refractivity contribution in [2.75, 3.05) is 38.2 Å². The number of benzene rings is 1. The second-order valence-electron chi connectivity index (χ2n) is 9.62. The molecular weight excluding hydrogens is 417 g/mol. The van der Waals surface area contributed by atoms with E-state index in [1.54, 1.807) is 13.0 Å². The van der Waals surface area contributed by atoms with Crippen LogP contribution in [0.25, 0.3) is 11.3 Å². The fourth-order valence-corrected chi connectivity index (χ4v) is 5.72. The van der Waals surface area contributed by atoms with Gasteiger partial charge in [0.15, 0.2) is 11.6 Å². The molecule has 3 fully saturated rings. The van der Waals surface area contributed by atoms with Gasteiger partial charge in [0.1, 0.15) is 11.6 Å². The van der Waals surface area contributed by atoms with E-state index in [9.17, 15) is 13.2 Å². The predicted octanol–water partition coefficient (Wildman–Crippen LogP) is 4.42. The zero-order valence-corrected chi connectivity index (χ0v) is 18.3. The Morgan fingerprint density at radius 1 is 1.03 bits per heavy atom. The van der Waals surface area contributed by atoms with Crippen LogP contribution in [0.1, 0.15) is 31.2 Å². The Labute approximate surface area is 186 Å². The van der Waals surface area contributed by atoms with Gasteiger partial charge in [-0.15, -0.1) is 10.2 Å². The van der Waals surface area contributed by atoms with Crippen LogP contribution in [-0.2, 0) is 4.74 Å². The standard InChI is InChI=1S/C24H29F3N4O/c1-14-6-22(29-30-24(14)20-9-18(25)10-21(26)23(20)27)28-19-7-16-12-31(13-17(16)8-19)11-15-2-4-32-5-3-15/h6,9-10,15-17,19H,2-5,7-8,11-13H2,1H3,(H,28,29)/t16-,17-/m1/s1. The minimum Gasteiger partial charge on any atom is -0.381 e. The van der Waals surface area contributed by atoms with Crippen molar-refractivity contribution in [2.45, 2.75) is 38.6 Å². The van der Waals surface area contributed by atoms with Crippen molar-refractivity contribution in [3.05, 3.63) is 41.2 Å². The lowest BCUT2D eigenvalue weighted by atomic mass is 10.00. The third-order valence-corrected chi connectivity index (χ3v) is 7.27. The average molecular weight is 447 g/mol. The summed E-state index contributed by atoms with van der Waals surface area (Å²) >= 11 is 0. The molecule has 0 radical (unpaired) electrons. The summed E-state index contributed by atoms with van der Waals surface area (Å²) in [6.07, 6.45) is 4.55. The van der Waals surface area contributed by atoms with E-state index < -0.39 is 17.5 Å². The number of rotatable bonds is 5. The molecule has 172 valence electrons. The summed E-state index contributed by atoms with van der Waals surface area (Å²) in [5, 5.41) is 11.7. The van der Waals surface area contributed by atoms with Crippen molar-refractivity contribution in [2.24, 2.45) is 17.8 Å². The topological polar surface area (TPSA) is 50.3 Å². The number of fused-ring (bicyclic) bond motifs is 1. The normalized spacial score (nSPS) is 24.8. The van der Waals surface area contributed by atoms with Crippen molar-refractivity contribution in [1.82, 2.24) is 15.1 Å². The number of hydrogen-bond donors (Lipinski definition) is 1. The highest BCUT2D eigenvalue weighted by molar-refractivity contribution is 5.64. The third kappa shape index (κ3) is 4.48. The molecule has 1 saturated carbocycles. The molecule has 1 N–H and O–H groups in total. The Morgan fingerprint density at radius 3 is 2.44 bits per heavy atom. The van der Waals surface area contributed by atoms with Crippen LogP contribution in [0.5, 0.6) is 0 Å². The molecule has 2 aromatic rings. The fourth-order valence-electron chi connectivity index (χ4n) is 5.72. The summed E-state index contributed by atoms with van der Waals surface area (Å²) in [6.45, 7) is 7.06. The summed E-state index contributed by atoms with van der Waals surface area (Å²) < 4.78 is 46.8. The highest BCUT2D eigenvalue weighted by Gasteiger charge is 2.41. The quantitative estimate of drug-likeness (QED) is 0.690. The molecular formula is C24H29F3N4O. The van der Waals surface area contributed by atoms with Crippen molar-refractivity contribution >= 4 is 5.82 Å². The van der Waals surface area contributed by atoms with Crippen LogP contribution in [0.4, 0.5) is 19.0 Å². The van der Waals surface area contributed by atoms with E-state index >= 15 is 0 Å². The Balaban J connectivity index is 1.19. The summed E-state index contributed by atoms with van der Waals surface area (Å²) in [5.41, 5.74) is 0.560. The second kappa shape index (κ2) is 8.98. The van der Waals surface area contributed by atoms with Crippen molar-refractivity contribution < 1.29 is 17.9 Å². The molecule has 1 aromatic carbocycles. The number of halogens is 3. The largest absolute Gasteiger partial charge is 0.381 e. The van der Waals surface area contributed by atoms with Crippen molar-refractivity contribution in [3.8, 4) is 11.3 Å². The molecule has 0 unspecified atom stereocenters. The molecule has 1 aliphatic carbocycles. The number of aryl methyl sites for hydroxylation is 1. The lowest BCUT2D eigenvalue weighted by Crippen LogP contribution is -2.32. The number of aromatic nitrogens is 2. The van der Waals surface area contributed by atoms with Gasteiger partial charge in [0.05, 0.1) is 5.69 Å². The highest BCUT2D eigenvalue weighted by atomic mass is 19.2. The van der Waals surface area contributed by atoms with Gasteiger partial charge in [-0.05, 0) is 68.1 Å². The lowest BCUT2D eigenvalue weighted by molar-refractivity contribution is 0.0545. The minimum absolute atomic E-state index is 0.151. The maximum absolute atomic E-state index is 14.2. The van der Waals surface area contributed by atoms with Gasteiger partial charge in [0, 0.05) is 50.5 Å². The van der Waals surface area contributed by atoms with E-state index in [4.69, 9.17) is 4.74 Å². The zero-order chi connectivity index (χ0) is 22.2. The van der Waals surface area contributed by atoms with E-state index in [2.05, 4.69) is 20.4 Å². The first-order valence-corrected chi connectivity index (χ1v) is 11.5. The summed E-state index contributed by atoms with van der Waals surface area (Å²) in [5.74, 6) is -0.400. The van der Waals surface area contributed by atoms with Crippen LogP contribution in [0.2, 0.25) is 0 Å². The monoisotopic (exact) mass is 446 g/mol. The predicted molar refractivity (Wildman–Crippen MR) is 116 cm³/mol. The number of ether oxygens (including phenoxy) is 1. The number of likely N-dealkylation sites (tertiary alicyclic amines) is 1. The average Bonchev–Trinajstić information content (AvgIpc) is 3.29. The Morgan fingerprint density at radius 2 is 1.75 bits per heavy atom. The number of nitrogens with zero attached hydrogens (tertiary/aromatic N) is 3. The lowest BCUT2D eigenvalue weighted by Gasteiger charge is -2.27. The molecule has 8 heteroatoms. The van der Waals surface area contributed by atoms with Gasteiger partial charge >= 0.3 is 0 Å². The molecule has 3 aliphatic rings. The first-order valence-electron chi connectivity index (χ1n) is 11.5. The van der Waals surface area contributed by atoms with Crippen molar-refractivity contribution in [1.29, 1.82) is 0 Å². The van der Waals surface area contributed by atoms with E-state index in [0.717, 1.165) is 51.1 Å². The zero-order valence-electron chi connectivity index (χ0n) is 18.3. The molecule has 5 nitrogen and oxygen atoms in total. The van der Waals surface area contributed by atoms with E-state index in [1.165, 1.54) is 19.4 Å².